The molecule has 0 radical (unpaired) electrons. The summed E-state index contributed by atoms with van der Waals surface area (Å²) in [6.45, 7) is 3.69. The molecular weight excluding hydrogens is 252 g/mol. The largest absolute Gasteiger partial charge is 0.475 e. The second kappa shape index (κ2) is 4.38. The van der Waals surface area contributed by atoms with E-state index >= 15 is 0 Å². The van der Waals surface area contributed by atoms with Crippen molar-refractivity contribution >= 4 is 17.1 Å². The van der Waals surface area contributed by atoms with Gasteiger partial charge in [0.25, 0.3) is 5.56 Å². The Morgan fingerprint density at radius 3 is 2.63 bits per heavy atom. The lowest BCUT2D eigenvalue weighted by Crippen LogP contribution is -2.39. The Balaban J connectivity index is 2.98. The van der Waals surface area contributed by atoms with Crippen LogP contribution in [0.1, 0.15) is 36.9 Å². The number of aromatic nitrogens is 4. The molecule has 2 heterocycles. The van der Waals surface area contributed by atoms with Crippen LogP contribution in [-0.4, -0.2) is 30.2 Å². The van der Waals surface area contributed by atoms with Gasteiger partial charge in [0, 0.05) is 13.1 Å². The van der Waals surface area contributed by atoms with Gasteiger partial charge in [-0.05, 0) is 13.3 Å². The minimum atomic E-state index is -1.28. The smallest absolute Gasteiger partial charge is 0.371 e. The van der Waals surface area contributed by atoms with Gasteiger partial charge in [0.05, 0.1) is 0 Å². The lowest BCUT2D eigenvalue weighted by molar-refractivity contribution is 0.0685. The van der Waals surface area contributed by atoms with Gasteiger partial charge in [0.2, 0.25) is 5.82 Å². The van der Waals surface area contributed by atoms with E-state index in [1.807, 2.05) is 6.92 Å². The average molecular weight is 266 g/mol. The molecule has 0 aromatic carbocycles. The van der Waals surface area contributed by atoms with Crippen LogP contribution in [-0.2, 0) is 7.05 Å². The molecule has 2 N–H and O–H groups in total. The number of rotatable bonds is 3. The summed E-state index contributed by atoms with van der Waals surface area (Å²) in [7, 11) is 1.35. The number of carboxylic acid groups (broad SMARTS) is 1. The van der Waals surface area contributed by atoms with E-state index in [1.54, 1.807) is 6.92 Å². The van der Waals surface area contributed by atoms with E-state index in [2.05, 4.69) is 9.97 Å². The first-order valence-corrected chi connectivity index (χ1v) is 5.83. The van der Waals surface area contributed by atoms with Crippen LogP contribution in [0.4, 0.5) is 0 Å². The Kier molecular flexibility index (Phi) is 3.01. The fraction of sp³-hybridized carbons (Fsp3) is 0.455. The standard InChI is InChI=1S/C11H14N4O4/c1-4-5(2)15-8-6(9(16)14(3)11(15)19)12-7(13-8)10(17)18/h5H,4H2,1-3H3,(H,12,13)(H,17,18). The van der Waals surface area contributed by atoms with Crippen molar-refractivity contribution in [2.75, 3.05) is 0 Å². The number of fused-ring (bicyclic) bond motifs is 1. The number of nitrogens with one attached hydrogen (secondary N) is 1. The van der Waals surface area contributed by atoms with Gasteiger partial charge in [0.15, 0.2) is 11.2 Å². The van der Waals surface area contributed by atoms with Gasteiger partial charge >= 0.3 is 11.7 Å². The minimum Gasteiger partial charge on any atom is -0.475 e. The lowest BCUT2D eigenvalue weighted by Gasteiger charge is -2.14. The third kappa shape index (κ3) is 1.85. The second-order valence-corrected chi connectivity index (χ2v) is 4.36. The van der Waals surface area contributed by atoms with Gasteiger partial charge in [-0.2, -0.15) is 0 Å². The zero-order valence-corrected chi connectivity index (χ0v) is 10.8. The number of hydrogen-bond donors (Lipinski definition) is 2. The maximum atomic E-state index is 12.1. The predicted octanol–water partition coefficient (Wildman–Crippen LogP) is 0.0925. The topological polar surface area (TPSA) is 110 Å². The molecule has 0 aliphatic heterocycles. The first-order chi connectivity index (χ1) is 8.88. The monoisotopic (exact) mass is 266 g/mol. The van der Waals surface area contributed by atoms with E-state index in [9.17, 15) is 14.4 Å². The fourth-order valence-corrected chi connectivity index (χ4v) is 1.88. The molecule has 2 rings (SSSR count). The Hall–Kier alpha value is -2.38. The molecule has 0 fully saturated rings. The van der Waals surface area contributed by atoms with Crippen molar-refractivity contribution in [3.05, 3.63) is 26.7 Å². The molecule has 102 valence electrons. The van der Waals surface area contributed by atoms with Crippen molar-refractivity contribution in [3.63, 3.8) is 0 Å². The summed E-state index contributed by atoms with van der Waals surface area (Å²) in [6.07, 6.45) is 0.655. The van der Waals surface area contributed by atoms with Crippen molar-refractivity contribution in [3.8, 4) is 0 Å². The molecule has 1 atom stereocenters. The molecule has 8 heteroatoms. The minimum absolute atomic E-state index is 0.0276. The molecule has 0 saturated heterocycles. The molecule has 8 nitrogen and oxygen atoms in total. The Morgan fingerprint density at radius 2 is 2.11 bits per heavy atom. The molecule has 0 saturated carbocycles. The van der Waals surface area contributed by atoms with Gasteiger partial charge in [-0.3, -0.25) is 13.9 Å². The van der Waals surface area contributed by atoms with Crippen LogP contribution >= 0.6 is 0 Å². The van der Waals surface area contributed by atoms with Crippen molar-refractivity contribution in [2.45, 2.75) is 26.3 Å². The second-order valence-electron chi connectivity index (χ2n) is 4.36. The first kappa shape index (κ1) is 13.1. The van der Waals surface area contributed by atoms with Crippen LogP contribution in [0, 0.1) is 0 Å². The number of nitrogens with zero attached hydrogens (tertiary/aromatic N) is 3. The Labute approximate surface area is 107 Å². The van der Waals surface area contributed by atoms with E-state index in [-0.39, 0.29) is 23.0 Å². The summed E-state index contributed by atoms with van der Waals surface area (Å²) in [4.78, 5) is 41.2. The third-order valence-corrected chi connectivity index (χ3v) is 3.16. The zero-order chi connectivity index (χ0) is 14.3. The van der Waals surface area contributed by atoms with E-state index < -0.39 is 17.2 Å². The van der Waals surface area contributed by atoms with E-state index in [0.717, 1.165) is 4.57 Å². The average Bonchev–Trinajstić information content (AvgIpc) is 2.81. The molecule has 2 aromatic heterocycles. The Morgan fingerprint density at radius 1 is 1.47 bits per heavy atom. The van der Waals surface area contributed by atoms with Crippen LogP contribution in [0.25, 0.3) is 11.2 Å². The molecule has 1 unspecified atom stereocenters. The van der Waals surface area contributed by atoms with Crippen LogP contribution in [0.5, 0.6) is 0 Å². The summed E-state index contributed by atoms with van der Waals surface area (Å²) in [5.74, 6) is -1.63. The number of H-pyrrole nitrogens is 1. The summed E-state index contributed by atoms with van der Waals surface area (Å²) >= 11 is 0. The number of carboxylic acids is 1. The SMILES string of the molecule is CCC(C)n1c(=O)n(C)c(=O)c2[nH]c(C(=O)O)nc21. The van der Waals surface area contributed by atoms with Crippen LogP contribution in [0.3, 0.4) is 0 Å². The van der Waals surface area contributed by atoms with E-state index in [1.165, 1.54) is 11.6 Å². The van der Waals surface area contributed by atoms with Crippen LogP contribution in [0.2, 0.25) is 0 Å². The number of carbonyl (C=O) groups is 1. The van der Waals surface area contributed by atoms with E-state index in [0.29, 0.717) is 6.42 Å². The highest BCUT2D eigenvalue weighted by atomic mass is 16.4. The molecule has 2 aromatic rings. The predicted molar refractivity (Wildman–Crippen MR) is 67.6 cm³/mol. The van der Waals surface area contributed by atoms with Crippen molar-refractivity contribution in [1.82, 2.24) is 19.1 Å². The van der Waals surface area contributed by atoms with Crippen molar-refractivity contribution < 1.29 is 9.90 Å². The molecule has 0 bridgehead atoms. The summed E-state index contributed by atoms with van der Waals surface area (Å²) in [5, 5.41) is 8.91. The van der Waals surface area contributed by atoms with E-state index in [4.69, 9.17) is 5.11 Å². The third-order valence-electron chi connectivity index (χ3n) is 3.16. The molecule has 0 amide bonds. The molecule has 0 aliphatic carbocycles. The quantitative estimate of drug-likeness (QED) is 0.818. The van der Waals surface area contributed by atoms with Crippen molar-refractivity contribution in [1.29, 1.82) is 0 Å². The molecule has 19 heavy (non-hydrogen) atoms. The highest BCUT2D eigenvalue weighted by Gasteiger charge is 2.20. The zero-order valence-electron chi connectivity index (χ0n) is 10.8. The summed E-state index contributed by atoms with van der Waals surface area (Å²) in [6, 6.07) is -0.188. The van der Waals surface area contributed by atoms with Crippen LogP contribution < -0.4 is 11.2 Å². The van der Waals surface area contributed by atoms with Crippen molar-refractivity contribution in [2.24, 2.45) is 7.05 Å². The normalized spacial score (nSPS) is 12.8. The number of hydrogen-bond acceptors (Lipinski definition) is 4. The highest BCUT2D eigenvalue weighted by molar-refractivity contribution is 5.87. The van der Waals surface area contributed by atoms with Gasteiger partial charge in [-0.15, -0.1) is 0 Å². The van der Waals surface area contributed by atoms with Gasteiger partial charge in [-0.1, -0.05) is 6.92 Å². The number of aromatic amines is 1. The molecule has 0 aliphatic rings. The van der Waals surface area contributed by atoms with Gasteiger partial charge in [-0.25, -0.2) is 14.6 Å². The fourth-order valence-electron chi connectivity index (χ4n) is 1.88. The van der Waals surface area contributed by atoms with Gasteiger partial charge in [0.1, 0.15) is 0 Å². The highest BCUT2D eigenvalue weighted by Crippen LogP contribution is 2.13. The summed E-state index contributed by atoms with van der Waals surface area (Å²) < 4.78 is 2.28. The van der Waals surface area contributed by atoms with Crippen LogP contribution in [0.15, 0.2) is 9.59 Å². The number of aromatic carboxylic acids is 1. The molecule has 0 spiro atoms. The first-order valence-electron chi connectivity index (χ1n) is 5.83. The maximum Gasteiger partial charge on any atom is 0.371 e. The lowest BCUT2D eigenvalue weighted by atomic mass is 10.2. The van der Waals surface area contributed by atoms with Gasteiger partial charge < -0.3 is 10.1 Å². The molecular formula is C11H14N4O4. The summed E-state index contributed by atoms with van der Waals surface area (Å²) in [5.41, 5.74) is -0.977. The number of imidazole rings is 1. The Bertz CT molecular complexity index is 767. The maximum absolute atomic E-state index is 12.1.